The molecule has 0 aromatic heterocycles. The van der Waals surface area contributed by atoms with Gasteiger partial charge in [0.05, 0.1) is 10.7 Å². The van der Waals surface area contributed by atoms with Crippen LogP contribution in [-0.4, -0.2) is 53.0 Å². The number of amides is 3. The van der Waals surface area contributed by atoms with Crippen LogP contribution in [0.25, 0.3) is 0 Å². The maximum Gasteiger partial charge on any atom is 0.408 e. The zero-order chi connectivity index (χ0) is 29.9. The lowest BCUT2D eigenvalue weighted by molar-refractivity contribution is -0.141. The van der Waals surface area contributed by atoms with Gasteiger partial charge >= 0.3 is 6.09 Å². The Balaban J connectivity index is 2.57. The predicted molar refractivity (Wildman–Crippen MR) is 165 cm³/mol. The molecule has 3 amide bonds. The van der Waals surface area contributed by atoms with Crippen LogP contribution in [0.5, 0.6) is 0 Å². The van der Waals surface area contributed by atoms with E-state index in [1.54, 1.807) is 68.9 Å². The molecule has 2 rings (SSSR count). The van der Waals surface area contributed by atoms with Crippen LogP contribution in [0.3, 0.4) is 0 Å². The van der Waals surface area contributed by atoms with Crippen LogP contribution in [0.15, 0.2) is 42.5 Å². The first kappa shape index (κ1) is 33.1. The van der Waals surface area contributed by atoms with Crippen molar-refractivity contribution in [2.45, 2.75) is 71.6 Å². The smallest absolute Gasteiger partial charge is 0.408 e. The number of unbranched alkanes of at least 4 members (excludes halogenated alkanes) is 1. The molecule has 2 aromatic rings. The molecule has 0 bridgehead atoms. The summed E-state index contributed by atoms with van der Waals surface area (Å²) in [5.41, 5.74) is 1.78. The van der Waals surface area contributed by atoms with Crippen molar-refractivity contribution in [3.8, 4) is 12.3 Å². The molecule has 7 nitrogen and oxygen atoms in total. The average Bonchev–Trinajstić information content (AvgIpc) is 2.89. The summed E-state index contributed by atoms with van der Waals surface area (Å²) in [6.07, 6.45) is 8.63. The number of carbonyl (C=O) groups is 3. The van der Waals surface area contributed by atoms with E-state index in [1.807, 2.05) is 26.2 Å². The minimum atomic E-state index is -1.00. The first-order valence-electron chi connectivity index (χ1n) is 13.3. The second-order valence-corrected chi connectivity index (χ2v) is 11.8. The molecule has 216 valence electrons. The number of aryl methyl sites for hydroxylation is 1. The molecule has 0 aliphatic heterocycles. The monoisotopic (exact) mass is 585 g/mol. The molecule has 2 N–H and O–H groups in total. The average molecular weight is 586 g/mol. The molecule has 2 aromatic carbocycles. The Morgan fingerprint density at radius 1 is 1.15 bits per heavy atom. The third-order valence-electron chi connectivity index (χ3n) is 6.06. The lowest BCUT2D eigenvalue weighted by Gasteiger charge is -2.34. The van der Waals surface area contributed by atoms with Crippen LogP contribution in [-0.2, 0) is 14.3 Å². The SMILES string of the molecule is C#Cc1ccc(C(C(=O)Nc2c(C)cccc2Cl)N(CCCC)C(=O)C(CCSC)NC(=O)OC(C)(C)C)cc1. The molecule has 0 fully saturated rings. The summed E-state index contributed by atoms with van der Waals surface area (Å²) in [6, 6.07) is 10.4. The summed E-state index contributed by atoms with van der Waals surface area (Å²) in [5.74, 6) is 2.42. The fraction of sp³-hybridized carbons (Fsp3) is 0.452. The number of hydrogen-bond acceptors (Lipinski definition) is 5. The van der Waals surface area contributed by atoms with Gasteiger partial charge in [0, 0.05) is 12.1 Å². The number of anilines is 1. The topological polar surface area (TPSA) is 87.7 Å². The molecule has 0 aliphatic carbocycles. The highest BCUT2D eigenvalue weighted by atomic mass is 35.5. The van der Waals surface area contributed by atoms with Crippen LogP contribution < -0.4 is 10.6 Å². The summed E-state index contributed by atoms with van der Waals surface area (Å²) >= 11 is 7.99. The number of benzene rings is 2. The molecule has 0 radical (unpaired) electrons. The third-order valence-corrected chi connectivity index (χ3v) is 7.02. The van der Waals surface area contributed by atoms with Gasteiger partial charge in [-0.1, -0.05) is 55.1 Å². The minimum Gasteiger partial charge on any atom is -0.444 e. The number of alkyl carbamates (subject to hydrolysis) is 1. The van der Waals surface area contributed by atoms with Gasteiger partial charge in [-0.05, 0) is 81.9 Å². The summed E-state index contributed by atoms with van der Waals surface area (Å²) in [6.45, 7) is 9.44. The van der Waals surface area contributed by atoms with Gasteiger partial charge in [0.15, 0.2) is 0 Å². The molecule has 0 saturated carbocycles. The van der Waals surface area contributed by atoms with Crippen LogP contribution >= 0.6 is 23.4 Å². The first-order valence-corrected chi connectivity index (χ1v) is 15.1. The first-order chi connectivity index (χ1) is 18.9. The highest BCUT2D eigenvalue weighted by Gasteiger charge is 2.36. The van der Waals surface area contributed by atoms with E-state index < -0.39 is 29.7 Å². The number of carbonyl (C=O) groups excluding carboxylic acids is 3. The number of nitrogens with one attached hydrogen (secondary N) is 2. The number of para-hydroxylation sites is 1. The van der Waals surface area contributed by atoms with Gasteiger partial charge < -0.3 is 20.3 Å². The van der Waals surface area contributed by atoms with E-state index in [4.69, 9.17) is 22.8 Å². The molecule has 0 heterocycles. The minimum absolute atomic E-state index is 0.303. The normalized spacial score (nSPS) is 12.6. The summed E-state index contributed by atoms with van der Waals surface area (Å²) in [4.78, 5) is 42.5. The second kappa shape index (κ2) is 15.6. The lowest BCUT2D eigenvalue weighted by atomic mass is 10.00. The van der Waals surface area contributed by atoms with Gasteiger partial charge in [0.1, 0.15) is 17.7 Å². The van der Waals surface area contributed by atoms with Crippen molar-refractivity contribution < 1.29 is 19.1 Å². The zero-order valence-electron chi connectivity index (χ0n) is 24.2. The van der Waals surface area contributed by atoms with Crippen LogP contribution in [0.4, 0.5) is 10.5 Å². The van der Waals surface area contributed by atoms with Gasteiger partial charge in [-0.2, -0.15) is 11.8 Å². The number of ether oxygens (including phenoxy) is 1. The Morgan fingerprint density at radius 2 is 1.82 bits per heavy atom. The van der Waals surface area contributed by atoms with E-state index in [-0.39, 0.29) is 5.91 Å². The molecule has 2 atom stereocenters. The standard InChI is InChI=1S/C31H40ClN3O4S/c1-8-10-19-35(29(37)25(18-20-40-7)33-30(38)39-31(4,5)6)27(23-16-14-22(9-2)15-17-23)28(36)34-26-21(3)12-11-13-24(26)32/h2,11-17,25,27H,8,10,18-20H2,1,3-7H3,(H,33,38)(H,34,36). The van der Waals surface area contributed by atoms with Crippen molar-refractivity contribution in [2.24, 2.45) is 0 Å². The van der Waals surface area contributed by atoms with Crippen LogP contribution in [0.1, 0.15) is 69.7 Å². The Kier molecular flexibility index (Phi) is 12.9. The van der Waals surface area contributed by atoms with E-state index >= 15 is 0 Å². The van der Waals surface area contributed by atoms with E-state index in [0.717, 1.165) is 12.0 Å². The van der Waals surface area contributed by atoms with E-state index in [0.29, 0.717) is 47.0 Å². The highest BCUT2D eigenvalue weighted by Crippen LogP contribution is 2.30. The number of halogens is 1. The third kappa shape index (κ3) is 9.79. The lowest BCUT2D eigenvalue weighted by Crippen LogP contribution is -2.52. The largest absolute Gasteiger partial charge is 0.444 e. The molecule has 0 spiro atoms. The Labute approximate surface area is 247 Å². The fourth-order valence-electron chi connectivity index (χ4n) is 4.05. The van der Waals surface area contributed by atoms with Crippen molar-refractivity contribution in [3.63, 3.8) is 0 Å². The van der Waals surface area contributed by atoms with Crippen LogP contribution in [0, 0.1) is 19.3 Å². The number of terminal acetylenes is 1. The summed E-state index contributed by atoms with van der Waals surface area (Å²) in [7, 11) is 0. The van der Waals surface area contributed by atoms with Gasteiger partial charge in [-0.3, -0.25) is 9.59 Å². The maximum atomic E-state index is 14.2. The van der Waals surface area contributed by atoms with Crippen molar-refractivity contribution in [2.75, 3.05) is 23.9 Å². The van der Waals surface area contributed by atoms with Crippen molar-refractivity contribution in [1.82, 2.24) is 10.2 Å². The van der Waals surface area contributed by atoms with Gasteiger partial charge in [-0.25, -0.2) is 4.79 Å². The molecular weight excluding hydrogens is 546 g/mol. The molecule has 0 saturated heterocycles. The Bertz CT molecular complexity index is 1180. The number of rotatable bonds is 12. The summed E-state index contributed by atoms with van der Waals surface area (Å²) < 4.78 is 5.44. The predicted octanol–water partition coefficient (Wildman–Crippen LogP) is 6.58. The molecular formula is C31H40ClN3O4S. The molecule has 40 heavy (non-hydrogen) atoms. The summed E-state index contributed by atoms with van der Waals surface area (Å²) in [5, 5.41) is 6.10. The number of thioether (sulfide) groups is 1. The molecule has 9 heteroatoms. The van der Waals surface area contributed by atoms with Gasteiger partial charge in [0.2, 0.25) is 5.91 Å². The fourth-order valence-corrected chi connectivity index (χ4v) is 4.79. The van der Waals surface area contributed by atoms with Crippen LogP contribution in [0.2, 0.25) is 5.02 Å². The number of hydrogen-bond donors (Lipinski definition) is 2. The van der Waals surface area contributed by atoms with Gasteiger partial charge in [0.25, 0.3) is 5.91 Å². The number of nitrogens with zero attached hydrogens (tertiary/aromatic N) is 1. The van der Waals surface area contributed by atoms with Crippen molar-refractivity contribution in [1.29, 1.82) is 0 Å². The second-order valence-electron chi connectivity index (χ2n) is 10.5. The molecule has 0 aliphatic rings. The highest BCUT2D eigenvalue weighted by molar-refractivity contribution is 7.98. The quantitative estimate of drug-likeness (QED) is 0.275. The van der Waals surface area contributed by atoms with Gasteiger partial charge in [-0.15, -0.1) is 6.42 Å². The van der Waals surface area contributed by atoms with Crippen molar-refractivity contribution >= 4 is 47.0 Å². The van der Waals surface area contributed by atoms with E-state index in [1.165, 1.54) is 4.90 Å². The Hall–Kier alpha value is -3.15. The zero-order valence-corrected chi connectivity index (χ0v) is 25.7. The van der Waals surface area contributed by atoms with E-state index in [9.17, 15) is 14.4 Å². The maximum absolute atomic E-state index is 14.2. The molecule has 2 unspecified atom stereocenters. The van der Waals surface area contributed by atoms with E-state index in [2.05, 4.69) is 16.6 Å². The Morgan fingerprint density at radius 3 is 2.38 bits per heavy atom. The van der Waals surface area contributed by atoms with Crippen molar-refractivity contribution in [3.05, 3.63) is 64.2 Å².